The van der Waals surface area contributed by atoms with E-state index < -0.39 is 0 Å². The predicted octanol–water partition coefficient (Wildman–Crippen LogP) is 3.00. The minimum Gasteiger partial charge on any atom is -0.497 e. The van der Waals surface area contributed by atoms with Gasteiger partial charge < -0.3 is 14.6 Å². The average Bonchev–Trinajstić information content (AvgIpc) is 2.30. The van der Waals surface area contributed by atoms with Crippen LogP contribution in [-0.4, -0.2) is 25.4 Å². The third kappa shape index (κ3) is 4.41. The predicted molar refractivity (Wildman–Crippen MR) is 67.1 cm³/mol. The minimum atomic E-state index is 0.256. The summed E-state index contributed by atoms with van der Waals surface area (Å²) in [5.74, 6) is 1.63. The summed E-state index contributed by atoms with van der Waals surface area (Å²) in [6.07, 6.45) is 2.79. The van der Waals surface area contributed by atoms with Gasteiger partial charge in [-0.3, -0.25) is 0 Å². The zero-order valence-electron chi connectivity index (χ0n) is 9.41. The molecule has 0 aromatic heterocycles. The zero-order chi connectivity index (χ0) is 11.8. The van der Waals surface area contributed by atoms with Crippen LogP contribution in [0.1, 0.15) is 19.3 Å². The Bertz CT molecular complexity index is 315. The lowest BCUT2D eigenvalue weighted by atomic mass is 10.2. The second kappa shape index (κ2) is 7.52. The second-order valence-electron chi connectivity index (χ2n) is 3.43. The fraction of sp³-hybridized carbons (Fsp3) is 0.500. The first-order valence-electron chi connectivity index (χ1n) is 5.35. The van der Waals surface area contributed by atoms with E-state index >= 15 is 0 Å². The monoisotopic (exact) mass is 288 g/mol. The van der Waals surface area contributed by atoms with Gasteiger partial charge >= 0.3 is 0 Å². The largest absolute Gasteiger partial charge is 0.497 e. The van der Waals surface area contributed by atoms with Gasteiger partial charge in [0, 0.05) is 6.61 Å². The van der Waals surface area contributed by atoms with E-state index in [9.17, 15) is 0 Å². The number of aliphatic hydroxyl groups is 1. The van der Waals surface area contributed by atoms with Crippen molar-refractivity contribution in [2.45, 2.75) is 19.3 Å². The van der Waals surface area contributed by atoms with Crippen LogP contribution in [0.25, 0.3) is 0 Å². The highest BCUT2D eigenvalue weighted by Gasteiger charge is 2.02. The van der Waals surface area contributed by atoms with E-state index in [1.165, 1.54) is 0 Å². The Kier molecular flexibility index (Phi) is 6.26. The fourth-order valence-corrected chi connectivity index (χ4v) is 1.77. The third-order valence-electron chi connectivity index (χ3n) is 2.20. The number of methoxy groups -OCH3 is 1. The summed E-state index contributed by atoms with van der Waals surface area (Å²) >= 11 is 3.43. The van der Waals surface area contributed by atoms with Crippen LogP contribution < -0.4 is 9.47 Å². The molecule has 0 unspecified atom stereocenters. The van der Waals surface area contributed by atoms with Crippen molar-refractivity contribution in [1.29, 1.82) is 0 Å². The van der Waals surface area contributed by atoms with Gasteiger partial charge in [-0.15, -0.1) is 0 Å². The number of halogens is 1. The molecule has 1 aromatic carbocycles. The van der Waals surface area contributed by atoms with Crippen molar-refractivity contribution < 1.29 is 14.6 Å². The molecule has 3 nitrogen and oxygen atoms in total. The van der Waals surface area contributed by atoms with Gasteiger partial charge in [0.25, 0.3) is 0 Å². The number of hydrogen-bond donors (Lipinski definition) is 1. The quantitative estimate of drug-likeness (QED) is 0.784. The van der Waals surface area contributed by atoms with E-state index in [-0.39, 0.29) is 6.61 Å². The van der Waals surface area contributed by atoms with Crippen LogP contribution in [0, 0.1) is 0 Å². The van der Waals surface area contributed by atoms with E-state index in [1.54, 1.807) is 7.11 Å². The maximum absolute atomic E-state index is 8.62. The van der Waals surface area contributed by atoms with Gasteiger partial charge in [-0.1, -0.05) is 0 Å². The van der Waals surface area contributed by atoms with Crippen LogP contribution >= 0.6 is 15.9 Å². The number of aliphatic hydroxyl groups excluding tert-OH is 1. The fourth-order valence-electron chi connectivity index (χ4n) is 1.30. The first kappa shape index (κ1) is 13.3. The van der Waals surface area contributed by atoms with E-state index in [1.807, 2.05) is 18.2 Å². The van der Waals surface area contributed by atoms with Crippen molar-refractivity contribution in [1.82, 2.24) is 0 Å². The lowest BCUT2D eigenvalue weighted by Gasteiger charge is -2.09. The molecule has 90 valence electrons. The molecule has 0 saturated carbocycles. The van der Waals surface area contributed by atoms with Crippen molar-refractivity contribution in [2.75, 3.05) is 20.3 Å². The number of hydrogen-bond acceptors (Lipinski definition) is 3. The molecule has 1 rings (SSSR count). The van der Waals surface area contributed by atoms with Gasteiger partial charge in [0.2, 0.25) is 0 Å². The number of rotatable bonds is 7. The first-order chi connectivity index (χ1) is 7.77. The van der Waals surface area contributed by atoms with E-state index in [4.69, 9.17) is 14.6 Å². The summed E-state index contributed by atoms with van der Waals surface area (Å²) in [6.45, 7) is 0.928. The molecule has 0 fully saturated rings. The summed E-state index contributed by atoms with van der Waals surface area (Å²) in [5.41, 5.74) is 0. The maximum atomic E-state index is 8.62. The molecule has 0 heterocycles. The van der Waals surface area contributed by atoms with Crippen molar-refractivity contribution >= 4 is 15.9 Å². The average molecular weight is 289 g/mol. The summed E-state index contributed by atoms with van der Waals surface area (Å²) in [4.78, 5) is 0. The van der Waals surface area contributed by atoms with Crippen molar-refractivity contribution in [3.63, 3.8) is 0 Å². The van der Waals surface area contributed by atoms with Gasteiger partial charge in [-0.25, -0.2) is 0 Å². The topological polar surface area (TPSA) is 38.7 Å². The Hall–Kier alpha value is -0.740. The molecular weight excluding hydrogens is 272 g/mol. The zero-order valence-corrected chi connectivity index (χ0v) is 11.0. The molecule has 0 aliphatic rings. The molecule has 0 atom stereocenters. The van der Waals surface area contributed by atoms with Gasteiger partial charge in [0.15, 0.2) is 0 Å². The highest BCUT2D eigenvalue weighted by Crippen LogP contribution is 2.29. The molecule has 16 heavy (non-hydrogen) atoms. The lowest BCUT2D eigenvalue weighted by molar-refractivity contribution is 0.265. The van der Waals surface area contributed by atoms with Gasteiger partial charge in [-0.2, -0.15) is 0 Å². The van der Waals surface area contributed by atoms with E-state index in [2.05, 4.69) is 15.9 Å². The number of benzene rings is 1. The lowest BCUT2D eigenvalue weighted by Crippen LogP contribution is -1.98. The Morgan fingerprint density at radius 1 is 1.25 bits per heavy atom. The van der Waals surface area contributed by atoms with Gasteiger partial charge in [0.05, 0.1) is 18.2 Å². The van der Waals surface area contributed by atoms with Crippen LogP contribution in [0.5, 0.6) is 11.5 Å². The molecule has 0 bridgehead atoms. The molecule has 0 amide bonds. The highest BCUT2D eigenvalue weighted by atomic mass is 79.9. The van der Waals surface area contributed by atoms with Crippen molar-refractivity contribution in [3.05, 3.63) is 22.7 Å². The van der Waals surface area contributed by atoms with E-state index in [0.717, 1.165) is 35.2 Å². The van der Waals surface area contributed by atoms with Crippen LogP contribution in [0.15, 0.2) is 22.7 Å². The molecule has 0 saturated heterocycles. The number of unbranched alkanes of at least 4 members (excludes halogenated alkanes) is 2. The molecule has 0 aliphatic carbocycles. The summed E-state index contributed by atoms with van der Waals surface area (Å²) < 4.78 is 11.6. The third-order valence-corrected chi connectivity index (χ3v) is 2.82. The molecule has 0 aliphatic heterocycles. The molecule has 1 aromatic rings. The SMILES string of the molecule is COc1ccc(OCCCCCO)c(Br)c1. The molecule has 0 spiro atoms. The highest BCUT2D eigenvalue weighted by molar-refractivity contribution is 9.10. The normalized spacial score (nSPS) is 10.2. The summed E-state index contributed by atoms with van der Waals surface area (Å²) in [7, 11) is 1.64. The van der Waals surface area contributed by atoms with Crippen molar-refractivity contribution in [2.24, 2.45) is 0 Å². The van der Waals surface area contributed by atoms with Gasteiger partial charge in [0.1, 0.15) is 11.5 Å². The Morgan fingerprint density at radius 3 is 2.69 bits per heavy atom. The van der Waals surface area contributed by atoms with Crippen LogP contribution in [0.4, 0.5) is 0 Å². The summed E-state index contributed by atoms with van der Waals surface area (Å²) in [5, 5.41) is 8.62. The first-order valence-corrected chi connectivity index (χ1v) is 6.14. The molecule has 1 N–H and O–H groups in total. The van der Waals surface area contributed by atoms with Crippen LogP contribution in [0.2, 0.25) is 0 Å². The molecule has 4 heteroatoms. The Balaban J connectivity index is 2.36. The van der Waals surface area contributed by atoms with Crippen molar-refractivity contribution in [3.8, 4) is 11.5 Å². The Morgan fingerprint density at radius 2 is 2.06 bits per heavy atom. The second-order valence-corrected chi connectivity index (χ2v) is 4.28. The number of ether oxygens (including phenoxy) is 2. The van der Waals surface area contributed by atoms with Crippen LogP contribution in [0.3, 0.4) is 0 Å². The standard InChI is InChI=1S/C12H17BrO3/c1-15-10-5-6-12(11(13)9-10)16-8-4-2-3-7-14/h5-6,9,14H,2-4,7-8H2,1H3. The van der Waals surface area contributed by atoms with Gasteiger partial charge in [-0.05, 0) is 53.4 Å². The van der Waals surface area contributed by atoms with Crippen LogP contribution in [-0.2, 0) is 0 Å². The smallest absolute Gasteiger partial charge is 0.133 e. The molecular formula is C12H17BrO3. The summed E-state index contributed by atoms with van der Waals surface area (Å²) in [6, 6.07) is 5.63. The minimum absolute atomic E-state index is 0.256. The van der Waals surface area contributed by atoms with E-state index in [0.29, 0.717) is 6.61 Å². The Labute approximate surface area is 105 Å². The maximum Gasteiger partial charge on any atom is 0.133 e. The molecule has 0 radical (unpaired) electrons.